The Kier molecular flexibility index (Phi) is 16.9. The summed E-state index contributed by atoms with van der Waals surface area (Å²) in [6.45, 7) is 4.57. The van der Waals surface area contributed by atoms with Crippen LogP contribution in [0.1, 0.15) is 0 Å². The van der Waals surface area contributed by atoms with Crippen molar-refractivity contribution in [3.8, 4) is 0 Å². The summed E-state index contributed by atoms with van der Waals surface area (Å²) in [5, 5.41) is 0. The van der Waals surface area contributed by atoms with E-state index in [2.05, 4.69) is 6.58 Å². The summed E-state index contributed by atoms with van der Waals surface area (Å²) in [6.07, 6.45) is 1.18. The maximum Gasteiger partial charge on any atom is 0.480 e. The van der Waals surface area contributed by atoms with Crippen LogP contribution < -0.4 is 6.15 Å². The Morgan fingerprint density at radius 2 is 0.857 bits per heavy atom. The third-order valence-electron chi connectivity index (χ3n) is 2.74. The van der Waals surface area contributed by atoms with Gasteiger partial charge in [0.1, 0.15) is 13.2 Å². The van der Waals surface area contributed by atoms with Gasteiger partial charge in [-0.2, -0.15) is 52.7 Å². The molecule has 0 radical (unpaired) electrons. The summed E-state index contributed by atoms with van der Waals surface area (Å²) >= 11 is 0. The van der Waals surface area contributed by atoms with Gasteiger partial charge >= 0.3 is 28.0 Å². The van der Waals surface area contributed by atoms with Crippen molar-refractivity contribution in [2.75, 3.05) is 34.3 Å². The molecular formula is C12H20F12N4O10S4. The smallest absolute Gasteiger partial charge is 0.457 e. The van der Waals surface area contributed by atoms with Crippen LogP contribution in [0.2, 0.25) is 0 Å². The molecule has 0 aromatic heterocycles. The van der Waals surface area contributed by atoms with Gasteiger partial charge in [-0.3, -0.25) is 0 Å². The molecular weight excluding hydrogens is 716 g/mol. The van der Waals surface area contributed by atoms with E-state index in [4.69, 9.17) is 4.74 Å². The molecule has 256 valence electrons. The van der Waals surface area contributed by atoms with E-state index in [1.807, 2.05) is 21.1 Å². The average Bonchev–Trinajstić information content (AvgIpc) is 2.62. The summed E-state index contributed by atoms with van der Waals surface area (Å²) in [6, 6.07) is 0. The lowest BCUT2D eigenvalue weighted by Gasteiger charge is -2.23. The monoisotopic (exact) mass is 736 g/mol. The maximum atomic E-state index is 11.4. The van der Waals surface area contributed by atoms with E-state index in [-0.39, 0.29) is 12.1 Å². The lowest BCUT2D eigenvalue weighted by Crippen LogP contribution is -2.37. The number of carbonyl (C=O) groups excluding carboxylic acids is 1. The second-order valence-corrected chi connectivity index (χ2v) is 14.1. The minimum Gasteiger partial charge on any atom is -0.457 e. The molecule has 0 aromatic rings. The van der Waals surface area contributed by atoms with Gasteiger partial charge in [-0.25, -0.2) is 38.5 Å². The molecule has 0 heterocycles. The molecule has 0 rings (SSSR count). The third-order valence-corrected chi connectivity index (χ3v) is 8.22. The fraction of sp³-hybridized carbons (Fsp3) is 0.750. The Morgan fingerprint density at radius 1 is 0.643 bits per heavy atom. The maximum absolute atomic E-state index is 11.4. The fourth-order valence-electron chi connectivity index (χ4n) is 0.906. The minimum atomic E-state index is -6.72. The van der Waals surface area contributed by atoms with Crippen LogP contribution in [0.5, 0.6) is 0 Å². The number of rotatable bonds is 8. The number of quaternary nitrogens is 2. The largest absolute Gasteiger partial charge is 0.480 e. The highest BCUT2D eigenvalue weighted by Gasteiger charge is 2.48. The van der Waals surface area contributed by atoms with E-state index in [0.29, 0.717) is 6.61 Å². The standard InChI is InChI=1S/C8H16NO2.2C2F6NO4S2.H3N/c1-5-8(10)11-7-6-9(2,3)4;2*3-1(4,5)14(10,11)9-15(12,13)2(6,7)8;/h5H,1,6-7H2,2-4H3;;;1H3/q+1;2*-1;/p+1. The zero-order chi connectivity index (χ0) is 34.3. The molecule has 4 N–H and O–H groups in total. The quantitative estimate of drug-likeness (QED) is 0.166. The van der Waals surface area contributed by atoms with E-state index in [0.717, 1.165) is 19.3 Å². The van der Waals surface area contributed by atoms with Crippen molar-refractivity contribution in [3.63, 3.8) is 0 Å². The Bertz CT molecular complexity index is 1160. The van der Waals surface area contributed by atoms with Gasteiger partial charge in [0.05, 0.1) is 21.1 Å². The Balaban J connectivity index is -0.000000258. The average molecular weight is 737 g/mol. The van der Waals surface area contributed by atoms with E-state index in [1.54, 1.807) is 0 Å². The van der Waals surface area contributed by atoms with Crippen molar-refractivity contribution in [2.45, 2.75) is 22.0 Å². The van der Waals surface area contributed by atoms with Gasteiger partial charge < -0.3 is 23.6 Å². The molecule has 0 saturated heterocycles. The fourth-order valence-corrected chi connectivity index (χ4v) is 4.33. The molecule has 0 aliphatic rings. The lowest BCUT2D eigenvalue weighted by atomic mass is 10.5. The predicted octanol–water partition coefficient (Wildman–Crippen LogP) is 2.92. The van der Waals surface area contributed by atoms with Crippen LogP contribution in [0.25, 0.3) is 8.25 Å². The van der Waals surface area contributed by atoms with Crippen molar-refractivity contribution >= 4 is 46.1 Å². The first-order chi connectivity index (χ1) is 17.4. The summed E-state index contributed by atoms with van der Waals surface area (Å²) in [5.74, 6) is -0.349. The minimum absolute atomic E-state index is 0. The van der Waals surface area contributed by atoms with Crippen molar-refractivity contribution < 1.29 is 100 Å². The molecule has 0 saturated carbocycles. The van der Waals surface area contributed by atoms with E-state index < -0.39 is 62.1 Å². The van der Waals surface area contributed by atoms with Crippen LogP contribution in [-0.4, -0.2) is 100 Å². The number of halogens is 12. The lowest BCUT2D eigenvalue weighted by molar-refractivity contribution is -0.870. The van der Waals surface area contributed by atoms with Crippen LogP contribution in [0.3, 0.4) is 0 Å². The number of likely N-dealkylation sites (N-methyl/N-ethyl adjacent to an activating group) is 1. The number of nitrogens with zero attached hydrogens (tertiary/aromatic N) is 3. The molecule has 42 heavy (non-hydrogen) atoms. The van der Waals surface area contributed by atoms with Gasteiger partial charge in [0.15, 0.2) is 40.1 Å². The van der Waals surface area contributed by atoms with Crippen LogP contribution >= 0.6 is 0 Å². The molecule has 0 aliphatic heterocycles. The topological polar surface area (TPSA) is 228 Å². The van der Waals surface area contributed by atoms with Crippen LogP contribution in [0.4, 0.5) is 52.7 Å². The van der Waals surface area contributed by atoms with Gasteiger partial charge in [-0.1, -0.05) is 6.58 Å². The van der Waals surface area contributed by atoms with Crippen molar-refractivity contribution in [1.82, 2.24) is 6.15 Å². The normalized spacial score (nSPS) is 13.8. The highest BCUT2D eigenvalue weighted by Crippen LogP contribution is 2.37. The van der Waals surface area contributed by atoms with Crippen LogP contribution in [0.15, 0.2) is 12.7 Å². The summed E-state index contributed by atoms with van der Waals surface area (Å²) in [4.78, 5) is 10.6. The number of esters is 1. The third kappa shape index (κ3) is 17.2. The molecule has 0 unspecified atom stereocenters. The molecule has 0 aromatic carbocycles. The predicted molar refractivity (Wildman–Crippen MR) is 117 cm³/mol. The second-order valence-electron chi connectivity index (χ2n) is 7.22. The first kappa shape index (κ1) is 47.0. The molecule has 0 fully saturated rings. The Labute approximate surface area is 230 Å². The number of sulfonamides is 4. The summed E-state index contributed by atoms with van der Waals surface area (Å²) < 4.78 is 224. The van der Waals surface area contributed by atoms with Crippen LogP contribution in [0, 0.1) is 0 Å². The first-order valence-electron chi connectivity index (χ1n) is 8.70. The number of ether oxygens (including phenoxy) is 1. The van der Waals surface area contributed by atoms with Gasteiger partial charge in [-0.15, -0.1) is 0 Å². The number of hydrogen-bond acceptors (Lipinski definition) is 10. The molecule has 0 amide bonds. The highest BCUT2D eigenvalue weighted by atomic mass is 32.3. The Hall–Kier alpha value is -1.99. The SMILES string of the molecule is C=CC(=O)OCC[N+](C)(C)C.O=S(=O)([N-]S(=O)(=O)C(F)(F)F)C(F)(F)F.O=S(=O)([N-]S(=O)(=O)C(F)(F)F)C(F)(F)F.[NH4+]. The van der Waals surface area contributed by atoms with Crippen molar-refractivity contribution in [1.29, 1.82) is 0 Å². The van der Waals surface area contributed by atoms with E-state index in [1.165, 1.54) is 6.08 Å². The highest BCUT2D eigenvalue weighted by molar-refractivity contribution is 8.13. The summed E-state index contributed by atoms with van der Waals surface area (Å²) in [5.41, 5.74) is -24.8. The van der Waals surface area contributed by atoms with E-state index >= 15 is 0 Å². The first-order valence-corrected chi connectivity index (χ1v) is 14.5. The zero-order valence-electron chi connectivity index (χ0n) is 20.8. The number of alkyl halides is 12. The summed E-state index contributed by atoms with van der Waals surface area (Å²) in [7, 11) is -20.8. The second kappa shape index (κ2) is 15.1. The molecule has 0 atom stereocenters. The van der Waals surface area contributed by atoms with Crippen LogP contribution in [-0.2, 0) is 49.6 Å². The molecule has 0 bridgehead atoms. The molecule has 0 aliphatic carbocycles. The molecule has 0 spiro atoms. The van der Waals surface area contributed by atoms with E-state index in [9.17, 15) is 91.2 Å². The van der Waals surface area contributed by atoms with Gasteiger partial charge in [-0.05, 0) is 0 Å². The molecule has 30 heteroatoms. The number of hydrogen-bond donors (Lipinski definition) is 1. The van der Waals surface area contributed by atoms with Crippen molar-refractivity contribution in [3.05, 3.63) is 20.9 Å². The van der Waals surface area contributed by atoms with Gasteiger partial charge in [0.2, 0.25) is 0 Å². The number of carbonyl (C=O) groups is 1. The van der Waals surface area contributed by atoms with Gasteiger partial charge in [0.25, 0.3) is 0 Å². The Morgan fingerprint density at radius 3 is 1.00 bits per heavy atom. The van der Waals surface area contributed by atoms with Gasteiger partial charge in [0, 0.05) is 6.08 Å². The molecule has 14 nitrogen and oxygen atoms in total. The zero-order valence-corrected chi connectivity index (χ0v) is 24.1. The van der Waals surface area contributed by atoms with Crippen molar-refractivity contribution in [2.24, 2.45) is 0 Å².